The van der Waals surface area contributed by atoms with Crippen LogP contribution in [0.1, 0.15) is 65.0 Å². The lowest BCUT2D eigenvalue weighted by Gasteiger charge is -2.27. The van der Waals surface area contributed by atoms with Crippen molar-refractivity contribution in [2.45, 2.75) is 65.5 Å². The highest BCUT2D eigenvalue weighted by Gasteiger charge is 2.38. The summed E-state index contributed by atoms with van der Waals surface area (Å²) in [6, 6.07) is 12.2. The maximum absolute atomic E-state index is 3.90. The monoisotopic (exact) mass is 259 g/mol. The third kappa shape index (κ3) is 4.65. The molecule has 1 aliphatic rings. The van der Waals surface area contributed by atoms with Gasteiger partial charge in [-0.1, -0.05) is 64.4 Å². The van der Waals surface area contributed by atoms with Gasteiger partial charge in [-0.25, -0.2) is 0 Å². The summed E-state index contributed by atoms with van der Waals surface area (Å²) in [7, 11) is 0. The Morgan fingerprint density at radius 3 is 2.47 bits per heavy atom. The zero-order valence-electron chi connectivity index (χ0n) is 12.9. The molecule has 0 aromatic heterocycles. The van der Waals surface area contributed by atoms with Gasteiger partial charge in [-0.2, -0.15) is 0 Å². The molecule has 1 heteroatoms. The minimum Gasteiger partial charge on any atom is -0.307 e. The topological polar surface area (TPSA) is 12.0 Å². The predicted octanol–water partition coefficient (Wildman–Crippen LogP) is 4.94. The van der Waals surface area contributed by atoms with Crippen molar-refractivity contribution >= 4 is 0 Å². The van der Waals surface area contributed by atoms with E-state index in [1.807, 2.05) is 0 Å². The zero-order chi connectivity index (χ0) is 13.9. The number of benzene rings is 1. The molecule has 0 bridgehead atoms. The second-order valence-electron chi connectivity index (χ2n) is 7.29. The maximum Gasteiger partial charge on any atom is 0.0327 e. The fourth-order valence-corrected chi connectivity index (χ4v) is 2.97. The highest BCUT2D eigenvalue weighted by Crippen LogP contribution is 2.38. The maximum atomic E-state index is 3.90. The smallest absolute Gasteiger partial charge is 0.0327 e. The van der Waals surface area contributed by atoms with Crippen LogP contribution in [0.5, 0.6) is 0 Å². The lowest BCUT2D eigenvalue weighted by molar-refractivity contribution is 0.306. The second kappa shape index (κ2) is 6.09. The molecule has 3 atom stereocenters. The van der Waals surface area contributed by atoms with E-state index < -0.39 is 0 Å². The molecule has 3 unspecified atom stereocenters. The van der Waals surface area contributed by atoms with Crippen LogP contribution in [-0.4, -0.2) is 6.04 Å². The molecule has 1 aromatic rings. The first-order chi connectivity index (χ1) is 8.99. The van der Waals surface area contributed by atoms with E-state index in [9.17, 15) is 0 Å². The van der Waals surface area contributed by atoms with Crippen LogP contribution in [0.25, 0.3) is 0 Å². The molecule has 2 rings (SSSR count). The van der Waals surface area contributed by atoms with Gasteiger partial charge in [-0.3, -0.25) is 0 Å². The fourth-order valence-electron chi connectivity index (χ4n) is 2.97. The van der Waals surface area contributed by atoms with E-state index in [4.69, 9.17) is 0 Å². The van der Waals surface area contributed by atoms with E-state index in [2.05, 4.69) is 63.3 Å². The average Bonchev–Trinajstić information content (AvgIpc) is 3.06. The summed E-state index contributed by atoms with van der Waals surface area (Å²) in [6.45, 7) is 9.29. The molecule has 0 spiro atoms. The normalized spacial score (nSPS) is 24.2. The van der Waals surface area contributed by atoms with E-state index in [1.54, 1.807) is 0 Å². The molecule has 1 N–H and O–H groups in total. The average molecular weight is 259 g/mol. The van der Waals surface area contributed by atoms with E-state index in [0.717, 1.165) is 12.0 Å². The van der Waals surface area contributed by atoms with Gasteiger partial charge in [0.25, 0.3) is 0 Å². The standard InChI is InChI=1S/C18H29N/c1-5-9-15-12-16(15)19-17(13-18(2,3)4)14-10-7-6-8-11-14/h6-8,10-11,15-17,19H,5,9,12-13H2,1-4H3. The van der Waals surface area contributed by atoms with Gasteiger partial charge < -0.3 is 5.32 Å². The van der Waals surface area contributed by atoms with Crippen molar-refractivity contribution in [3.63, 3.8) is 0 Å². The van der Waals surface area contributed by atoms with E-state index in [1.165, 1.54) is 31.2 Å². The molecule has 0 amide bonds. The minimum absolute atomic E-state index is 0.364. The largest absolute Gasteiger partial charge is 0.307 e. The fraction of sp³-hybridized carbons (Fsp3) is 0.667. The zero-order valence-corrected chi connectivity index (χ0v) is 12.9. The molecule has 0 aliphatic heterocycles. The van der Waals surface area contributed by atoms with Gasteiger partial charge in [-0.15, -0.1) is 0 Å². The van der Waals surface area contributed by atoms with Crippen LogP contribution >= 0.6 is 0 Å². The predicted molar refractivity (Wildman–Crippen MR) is 83.2 cm³/mol. The first kappa shape index (κ1) is 14.6. The Hall–Kier alpha value is -0.820. The molecule has 0 saturated heterocycles. The highest BCUT2D eigenvalue weighted by atomic mass is 15.0. The molecular weight excluding hydrogens is 230 g/mol. The Bertz CT molecular complexity index is 376. The van der Waals surface area contributed by atoms with Crippen LogP contribution in [0, 0.1) is 11.3 Å². The van der Waals surface area contributed by atoms with Gasteiger partial charge in [0, 0.05) is 12.1 Å². The van der Waals surface area contributed by atoms with Crippen LogP contribution in [0.2, 0.25) is 0 Å². The van der Waals surface area contributed by atoms with Crippen molar-refractivity contribution in [3.05, 3.63) is 35.9 Å². The highest BCUT2D eigenvalue weighted by molar-refractivity contribution is 5.20. The van der Waals surface area contributed by atoms with Crippen LogP contribution in [-0.2, 0) is 0 Å². The second-order valence-corrected chi connectivity index (χ2v) is 7.29. The summed E-state index contributed by atoms with van der Waals surface area (Å²) in [4.78, 5) is 0. The molecule has 1 saturated carbocycles. The van der Waals surface area contributed by atoms with Crippen molar-refractivity contribution in [3.8, 4) is 0 Å². The third-order valence-corrected chi connectivity index (χ3v) is 4.02. The van der Waals surface area contributed by atoms with Crippen LogP contribution < -0.4 is 5.32 Å². The summed E-state index contributed by atoms with van der Waals surface area (Å²) >= 11 is 0. The van der Waals surface area contributed by atoms with Crippen LogP contribution in [0.15, 0.2) is 30.3 Å². The van der Waals surface area contributed by atoms with Gasteiger partial charge in [0.05, 0.1) is 0 Å². The van der Waals surface area contributed by atoms with Crippen molar-refractivity contribution in [1.29, 1.82) is 0 Å². The Kier molecular flexibility index (Phi) is 4.67. The van der Waals surface area contributed by atoms with E-state index >= 15 is 0 Å². The summed E-state index contributed by atoms with van der Waals surface area (Å²) in [5.41, 5.74) is 1.81. The number of hydrogen-bond acceptors (Lipinski definition) is 1. The summed E-state index contributed by atoms with van der Waals surface area (Å²) in [5, 5.41) is 3.90. The van der Waals surface area contributed by atoms with Crippen molar-refractivity contribution < 1.29 is 0 Å². The Morgan fingerprint density at radius 2 is 1.89 bits per heavy atom. The molecular formula is C18H29N. The van der Waals surface area contributed by atoms with Gasteiger partial charge in [0.15, 0.2) is 0 Å². The van der Waals surface area contributed by atoms with Crippen molar-refractivity contribution in [2.24, 2.45) is 11.3 Å². The van der Waals surface area contributed by atoms with E-state index in [0.29, 0.717) is 11.5 Å². The lowest BCUT2D eigenvalue weighted by atomic mass is 9.85. The SMILES string of the molecule is CCCC1CC1NC(CC(C)(C)C)c1ccccc1. The van der Waals surface area contributed by atoms with Gasteiger partial charge in [0.2, 0.25) is 0 Å². The van der Waals surface area contributed by atoms with Crippen molar-refractivity contribution in [2.75, 3.05) is 0 Å². The molecule has 0 heterocycles. The molecule has 0 radical (unpaired) electrons. The van der Waals surface area contributed by atoms with Crippen molar-refractivity contribution in [1.82, 2.24) is 5.32 Å². The molecule has 1 fully saturated rings. The summed E-state index contributed by atoms with van der Waals surface area (Å²) in [6.07, 6.45) is 5.28. The number of nitrogens with one attached hydrogen (secondary N) is 1. The quantitative estimate of drug-likeness (QED) is 0.763. The molecule has 1 aliphatic carbocycles. The summed E-state index contributed by atoms with van der Waals surface area (Å²) < 4.78 is 0. The molecule has 106 valence electrons. The minimum atomic E-state index is 0.364. The summed E-state index contributed by atoms with van der Waals surface area (Å²) in [5.74, 6) is 0.927. The Balaban J connectivity index is 1.99. The first-order valence-corrected chi connectivity index (χ1v) is 7.80. The van der Waals surface area contributed by atoms with Crippen LogP contribution in [0.3, 0.4) is 0 Å². The third-order valence-electron chi connectivity index (χ3n) is 4.02. The number of hydrogen-bond donors (Lipinski definition) is 1. The van der Waals surface area contributed by atoms with Gasteiger partial charge in [0.1, 0.15) is 0 Å². The Morgan fingerprint density at radius 1 is 1.21 bits per heavy atom. The van der Waals surface area contributed by atoms with E-state index in [-0.39, 0.29) is 0 Å². The number of rotatable bonds is 6. The molecule has 1 nitrogen and oxygen atoms in total. The van der Waals surface area contributed by atoms with Gasteiger partial charge >= 0.3 is 0 Å². The lowest BCUT2D eigenvalue weighted by Crippen LogP contribution is -2.28. The molecule has 1 aromatic carbocycles. The molecule has 19 heavy (non-hydrogen) atoms. The van der Waals surface area contributed by atoms with Crippen LogP contribution in [0.4, 0.5) is 0 Å². The first-order valence-electron chi connectivity index (χ1n) is 7.80. The Labute approximate surface area is 118 Å². The van der Waals surface area contributed by atoms with Gasteiger partial charge in [-0.05, 0) is 36.2 Å².